The fourth-order valence-electron chi connectivity index (χ4n) is 8.10. The van der Waals surface area contributed by atoms with Crippen LogP contribution in [-0.4, -0.2) is 87.3 Å². The zero-order valence-electron chi connectivity index (χ0n) is 32.8. The van der Waals surface area contributed by atoms with Gasteiger partial charge >= 0.3 is 6.09 Å². The molecule has 15 heteroatoms. The summed E-state index contributed by atoms with van der Waals surface area (Å²) in [6.45, 7) is 13.2. The van der Waals surface area contributed by atoms with Gasteiger partial charge in [0.05, 0.1) is 22.3 Å². The van der Waals surface area contributed by atoms with Gasteiger partial charge in [-0.2, -0.15) is 4.98 Å². The molecular formula is C39H58N6O8S. The monoisotopic (exact) mass is 770 g/mol. The molecule has 4 aliphatic rings. The maximum atomic E-state index is 14.6. The van der Waals surface area contributed by atoms with Crippen molar-refractivity contribution in [1.82, 2.24) is 29.8 Å². The molecule has 1 unspecified atom stereocenters. The first-order chi connectivity index (χ1) is 25.3. The number of nitrogens with zero attached hydrogens (tertiary/aromatic N) is 3. The van der Waals surface area contributed by atoms with E-state index in [1.807, 2.05) is 56.5 Å². The highest BCUT2D eigenvalue weighted by molar-refractivity contribution is 7.91. The van der Waals surface area contributed by atoms with Gasteiger partial charge in [-0.25, -0.2) is 13.2 Å². The predicted molar refractivity (Wildman–Crippen MR) is 203 cm³/mol. The Morgan fingerprint density at radius 2 is 1.72 bits per heavy atom. The van der Waals surface area contributed by atoms with E-state index in [9.17, 15) is 27.6 Å². The second-order valence-electron chi connectivity index (χ2n) is 17.9. The lowest BCUT2D eigenvalue weighted by molar-refractivity contribution is -0.143. The SMILES string of the molecule is CC[C@@H]1C[C@@]12NC(=O)[C@@H]1C[C@H](CN1C(=O)C(NC(=O)OC(C)(C)C)C(C)(C)C)Oc1nc3ccccc3n1CCCCCCCC1(CC1)S(=O)(=O)NC2=O. The number of aryl methyl sites for hydroxylation is 1. The van der Waals surface area contributed by atoms with Crippen LogP contribution in [0.2, 0.25) is 0 Å². The molecule has 6 rings (SSSR count). The van der Waals surface area contributed by atoms with E-state index in [0.717, 1.165) is 43.1 Å². The van der Waals surface area contributed by atoms with Crippen molar-refractivity contribution in [1.29, 1.82) is 0 Å². The molecule has 14 nitrogen and oxygen atoms in total. The molecule has 2 aliphatic heterocycles. The number of carbonyl (C=O) groups excluding carboxylic acids is 4. The number of hydrogen-bond acceptors (Lipinski definition) is 9. The number of ether oxygens (including phenoxy) is 2. The number of likely N-dealkylation sites (tertiary alicyclic amines) is 1. The number of rotatable bonds is 3. The van der Waals surface area contributed by atoms with E-state index >= 15 is 0 Å². The number of para-hydroxylation sites is 2. The van der Waals surface area contributed by atoms with E-state index in [2.05, 4.69) is 15.4 Å². The number of aromatic nitrogens is 2. The third-order valence-corrected chi connectivity index (χ3v) is 13.7. The van der Waals surface area contributed by atoms with Crippen LogP contribution in [0.25, 0.3) is 11.0 Å². The topological polar surface area (TPSA) is 178 Å². The number of carbonyl (C=O) groups is 4. The smallest absolute Gasteiger partial charge is 0.408 e. The zero-order valence-corrected chi connectivity index (χ0v) is 33.6. The van der Waals surface area contributed by atoms with Gasteiger partial charge in [-0.1, -0.05) is 71.9 Å². The average Bonchev–Trinajstić information content (AvgIpc) is 3.94. The molecule has 2 aliphatic carbocycles. The summed E-state index contributed by atoms with van der Waals surface area (Å²) in [7, 11) is -4.00. The number of amides is 4. The summed E-state index contributed by atoms with van der Waals surface area (Å²) in [6.07, 6.45) is 5.27. The molecule has 54 heavy (non-hydrogen) atoms. The summed E-state index contributed by atoms with van der Waals surface area (Å²) in [5.41, 5.74) is -1.35. The Labute approximate surface area is 318 Å². The second kappa shape index (κ2) is 14.6. The number of benzene rings is 1. The van der Waals surface area contributed by atoms with Crippen molar-refractivity contribution < 1.29 is 37.1 Å². The molecule has 2 aromatic rings. The van der Waals surface area contributed by atoms with E-state index in [1.54, 1.807) is 20.8 Å². The van der Waals surface area contributed by atoms with Crippen LogP contribution in [0.5, 0.6) is 6.01 Å². The molecule has 3 N–H and O–H groups in total. The van der Waals surface area contributed by atoms with Crippen LogP contribution < -0.4 is 20.1 Å². The maximum absolute atomic E-state index is 14.6. The molecule has 3 heterocycles. The number of imidazole rings is 1. The van der Waals surface area contributed by atoms with Gasteiger partial charge in [-0.15, -0.1) is 0 Å². The molecule has 2 saturated carbocycles. The van der Waals surface area contributed by atoms with Crippen molar-refractivity contribution in [3.8, 4) is 6.01 Å². The minimum absolute atomic E-state index is 0.00993. The number of alkyl carbamates (subject to hydrolysis) is 1. The molecule has 1 saturated heterocycles. The van der Waals surface area contributed by atoms with Crippen LogP contribution in [0.1, 0.15) is 119 Å². The van der Waals surface area contributed by atoms with Crippen molar-refractivity contribution in [3.63, 3.8) is 0 Å². The summed E-state index contributed by atoms with van der Waals surface area (Å²) in [6, 6.07) is 6.00. The van der Waals surface area contributed by atoms with Gasteiger partial charge in [0, 0.05) is 13.0 Å². The van der Waals surface area contributed by atoms with E-state index in [-0.39, 0.29) is 25.3 Å². The van der Waals surface area contributed by atoms with Crippen molar-refractivity contribution in [2.45, 2.75) is 160 Å². The molecule has 1 aromatic heterocycles. The van der Waals surface area contributed by atoms with Crippen LogP contribution in [0.4, 0.5) is 4.79 Å². The lowest BCUT2D eigenvalue weighted by Crippen LogP contribution is -2.60. The Kier molecular flexibility index (Phi) is 10.8. The summed E-state index contributed by atoms with van der Waals surface area (Å²) < 4.78 is 43.0. The predicted octanol–water partition coefficient (Wildman–Crippen LogP) is 4.94. The van der Waals surface area contributed by atoms with Crippen LogP contribution in [-0.2, 0) is 35.7 Å². The van der Waals surface area contributed by atoms with Crippen LogP contribution in [0, 0.1) is 11.3 Å². The summed E-state index contributed by atoms with van der Waals surface area (Å²) in [4.78, 5) is 62.3. The summed E-state index contributed by atoms with van der Waals surface area (Å²) >= 11 is 0. The van der Waals surface area contributed by atoms with Gasteiger partial charge in [0.1, 0.15) is 29.3 Å². The zero-order chi connectivity index (χ0) is 39.3. The third-order valence-electron chi connectivity index (χ3n) is 11.5. The van der Waals surface area contributed by atoms with E-state index in [4.69, 9.17) is 14.5 Å². The first-order valence-electron chi connectivity index (χ1n) is 19.6. The number of sulfonamides is 1. The average molecular weight is 771 g/mol. The summed E-state index contributed by atoms with van der Waals surface area (Å²) in [5.74, 6) is -2.11. The largest absolute Gasteiger partial charge is 0.459 e. The summed E-state index contributed by atoms with van der Waals surface area (Å²) in [5, 5.41) is 5.68. The first-order valence-corrected chi connectivity index (χ1v) is 21.1. The molecular weight excluding hydrogens is 713 g/mol. The van der Waals surface area contributed by atoms with Crippen LogP contribution in [0.15, 0.2) is 24.3 Å². The standard InChI is InChI=1S/C39H58N6O8S/c1-8-25-23-39(25)33(48)43-54(50,51)38(19-20-38)18-14-10-9-11-15-21-44-28-17-13-12-16-27(28)40-34(44)52-26-22-29(31(46)42-39)45(24-26)32(47)30(36(2,3)4)41-35(49)53-37(5,6)7/h12-13,16-17,25-26,29-30H,8-11,14-15,18-24H2,1-7H3,(H,41,49)(H,42,46)(H,43,48)/t25-,26-,29+,30?,39-/m1/s1. The van der Waals surface area contributed by atoms with Gasteiger partial charge in [0.2, 0.25) is 21.8 Å². The normalized spacial score (nSPS) is 28.0. The van der Waals surface area contributed by atoms with Crippen molar-refractivity contribution in [2.75, 3.05) is 6.54 Å². The lowest BCUT2D eigenvalue weighted by Gasteiger charge is -2.36. The van der Waals surface area contributed by atoms with Crippen molar-refractivity contribution in [2.24, 2.45) is 11.3 Å². The van der Waals surface area contributed by atoms with E-state index in [1.165, 1.54) is 4.90 Å². The number of nitrogens with one attached hydrogen (secondary N) is 3. The molecule has 2 bridgehead atoms. The number of fused-ring (bicyclic) bond motifs is 5. The number of hydrogen-bond donors (Lipinski definition) is 3. The van der Waals surface area contributed by atoms with Gasteiger partial charge in [-0.3, -0.25) is 23.7 Å². The highest BCUT2D eigenvalue weighted by Crippen LogP contribution is 2.50. The van der Waals surface area contributed by atoms with Crippen LogP contribution in [0.3, 0.4) is 0 Å². The second-order valence-corrected chi connectivity index (χ2v) is 19.9. The highest BCUT2D eigenvalue weighted by atomic mass is 32.2. The Morgan fingerprint density at radius 3 is 2.37 bits per heavy atom. The molecule has 4 amide bonds. The van der Waals surface area contributed by atoms with Crippen molar-refractivity contribution >= 4 is 44.9 Å². The Hall–Kier alpha value is -3.88. The van der Waals surface area contributed by atoms with Gasteiger partial charge in [0.15, 0.2) is 0 Å². The van der Waals surface area contributed by atoms with Gasteiger partial charge < -0.3 is 25.0 Å². The third kappa shape index (κ3) is 8.20. The van der Waals surface area contributed by atoms with Crippen molar-refractivity contribution in [3.05, 3.63) is 24.3 Å². The minimum Gasteiger partial charge on any atom is -0.459 e. The maximum Gasteiger partial charge on any atom is 0.408 e. The Balaban J connectivity index is 1.35. The van der Waals surface area contributed by atoms with Crippen LogP contribution >= 0.6 is 0 Å². The Bertz CT molecular complexity index is 1880. The highest BCUT2D eigenvalue weighted by Gasteiger charge is 2.64. The van der Waals surface area contributed by atoms with Gasteiger partial charge in [0.25, 0.3) is 11.9 Å². The Morgan fingerprint density at radius 1 is 1.04 bits per heavy atom. The first kappa shape index (κ1) is 39.8. The fraction of sp³-hybridized carbons (Fsp3) is 0.718. The molecule has 298 valence electrons. The quantitative estimate of drug-likeness (QED) is 0.390. The molecule has 1 aromatic carbocycles. The van der Waals surface area contributed by atoms with E-state index < -0.39 is 73.3 Å². The fourth-order valence-corrected chi connectivity index (χ4v) is 9.79. The minimum atomic E-state index is -4.00. The molecule has 2 spiro atoms. The molecule has 3 fully saturated rings. The van der Waals surface area contributed by atoms with Gasteiger partial charge in [-0.05, 0) is 76.3 Å². The molecule has 5 atom stereocenters. The lowest BCUT2D eigenvalue weighted by atomic mass is 9.85. The molecule has 0 radical (unpaired) electrons. The van der Waals surface area contributed by atoms with E-state index in [0.29, 0.717) is 38.2 Å².